The number of carboxylic acids is 1. The lowest BCUT2D eigenvalue weighted by molar-refractivity contribution is -0.135. The van der Waals surface area contributed by atoms with Gasteiger partial charge >= 0.3 is 5.97 Å². The Bertz CT molecular complexity index is 667. The number of hydrogen-bond acceptors (Lipinski definition) is 6. The molecule has 0 amide bonds. The van der Waals surface area contributed by atoms with Gasteiger partial charge in [-0.2, -0.15) is 9.78 Å². The predicted molar refractivity (Wildman–Crippen MR) is 69.0 cm³/mol. The normalized spacial score (nSPS) is 17.7. The summed E-state index contributed by atoms with van der Waals surface area (Å²) in [5.74, 6) is -0.348. The molecule has 1 unspecified atom stereocenters. The molecule has 0 spiro atoms. The summed E-state index contributed by atoms with van der Waals surface area (Å²) in [4.78, 5) is 15.0. The average Bonchev–Trinajstić information content (AvgIpc) is 2.81. The largest absolute Gasteiger partial charge is 0.480 e. The first-order chi connectivity index (χ1) is 9.16. The molecule has 0 radical (unpaired) electrons. The van der Waals surface area contributed by atoms with E-state index in [1.165, 1.54) is 0 Å². The highest BCUT2D eigenvalue weighted by Gasteiger charge is 2.30. The van der Waals surface area contributed by atoms with Crippen LogP contribution in [0.15, 0.2) is 34.8 Å². The minimum absolute atomic E-state index is 0.477. The first-order valence-electron chi connectivity index (χ1n) is 5.47. The molecule has 1 atom stereocenters. The van der Waals surface area contributed by atoms with Gasteiger partial charge in [-0.05, 0) is 19.1 Å². The van der Waals surface area contributed by atoms with Gasteiger partial charge in [-0.3, -0.25) is 9.78 Å². The van der Waals surface area contributed by atoms with Gasteiger partial charge in [0.1, 0.15) is 5.25 Å². The van der Waals surface area contributed by atoms with Crippen LogP contribution < -0.4 is 0 Å². The molecule has 8 heteroatoms. The number of pyridine rings is 1. The van der Waals surface area contributed by atoms with E-state index in [-0.39, 0.29) is 0 Å². The number of aromatic nitrogens is 4. The van der Waals surface area contributed by atoms with Gasteiger partial charge in [0, 0.05) is 18.0 Å². The van der Waals surface area contributed by atoms with Crippen molar-refractivity contribution in [3.63, 3.8) is 0 Å². The van der Waals surface area contributed by atoms with E-state index in [2.05, 4.69) is 20.3 Å². The van der Waals surface area contributed by atoms with Gasteiger partial charge in [0.2, 0.25) is 5.16 Å². The average molecular weight is 275 g/mol. The van der Waals surface area contributed by atoms with Gasteiger partial charge in [-0.15, -0.1) is 10.2 Å². The quantitative estimate of drug-likeness (QED) is 0.882. The third kappa shape index (κ3) is 1.99. The van der Waals surface area contributed by atoms with Crippen LogP contribution in [0.2, 0.25) is 0 Å². The van der Waals surface area contributed by atoms with Gasteiger partial charge in [0.15, 0.2) is 5.82 Å². The zero-order valence-corrected chi connectivity index (χ0v) is 10.7. The number of fused-ring (bicyclic) bond motifs is 1. The van der Waals surface area contributed by atoms with Crippen molar-refractivity contribution in [3.05, 3.63) is 24.5 Å². The molecule has 1 N–H and O–H groups in total. The van der Waals surface area contributed by atoms with E-state index in [9.17, 15) is 4.79 Å². The molecule has 19 heavy (non-hydrogen) atoms. The molecule has 0 bridgehead atoms. The molecular formula is C11H9N5O2S. The molecule has 0 aromatic carbocycles. The van der Waals surface area contributed by atoms with Gasteiger partial charge in [-0.25, -0.2) is 0 Å². The molecule has 2 aromatic rings. The molecule has 3 rings (SSSR count). The number of rotatable bonds is 2. The number of carboxylic acid groups (broad SMARTS) is 1. The van der Waals surface area contributed by atoms with Crippen molar-refractivity contribution in [1.29, 1.82) is 0 Å². The van der Waals surface area contributed by atoms with Crippen LogP contribution in [-0.4, -0.2) is 41.9 Å². The van der Waals surface area contributed by atoms with Gasteiger partial charge in [-0.1, -0.05) is 11.8 Å². The molecule has 0 fully saturated rings. The summed E-state index contributed by atoms with van der Waals surface area (Å²) in [5.41, 5.74) is 1.35. The second kappa shape index (κ2) is 4.47. The van der Waals surface area contributed by atoms with Crippen LogP contribution in [-0.2, 0) is 4.79 Å². The first kappa shape index (κ1) is 11.8. The second-order valence-electron chi connectivity index (χ2n) is 3.93. The third-order valence-electron chi connectivity index (χ3n) is 2.64. The summed E-state index contributed by atoms with van der Waals surface area (Å²) >= 11 is 1.13. The van der Waals surface area contributed by atoms with E-state index in [0.29, 0.717) is 16.7 Å². The Labute approximate surface area is 112 Å². The Morgan fingerprint density at radius 2 is 2.11 bits per heavy atom. The fraction of sp³-hybridized carbons (Fsp3) is 0.182. The fourth-order valence-electron chi connectivity index (χ4n) is 1.74. The SMILES string of the molecule is CC1=Nn2c(nnc2-c2ccncc2)SC1C(=O)O. The van der Waals surface area contributed by atoms with E-state index < -0.39 is 11.2 Å². The van der Waals surface area contributed by atoms with Crippen LogP contribution in [0.5, 0.6) is 0 Å². The van der Waals surface area contributed by atoms with E-state index in [0.717, 1.165) is 17.3 Å². The molecule has 1 aliphatic rings. The molecule has 3 heterocycles. The summed E-state index contributed by atoms with van der Waals surface area (Å²) < 4.78 is 1.56. The second-order valence-corrected chi connectivity index (χ2v) is 5.00. The Morgan fingerprint density at radius 1 is 1.37 bits per heavy atom. The van der Waals surface area contributed by atoms with Crippen molar-refractivity contribution in [1.82, 2.24) is 19.9 Å². The van der Waals surface area contributed by atoms with Crippen LogP contribution in [0, 0.1) is 0 Å². The van der Waals surface area contributed by atoms with E-state index in [1.54, 1.807) is 36.1 Å². The lowest BCUT2D eigenvalue weighted by Gasteiger charge is -2.16. The van der Waals surface area contributed by atoms with Crippen LogP contribution in [0.4, 0.5) is 0 Å². The standard InChI is InChI=1S/C11H9N5O2S/c1-6-8(10(17)18)19-11-14-13-9(16(11)15-6)7-2-4-12-5-3-7/h2-5,8H,1H3,(H,17,18). The summed E-state index contributed by atoms with van der Waals surface area (Å²) in [5, 5.41) is 21.2. The highest BCUT2D eigenvalue weighted by Crippen LogP contribution is 2.31. The molecule has 0 saturated heterocycles. The van der Waals surface area contributed by atoms with Crippen molar-refractivity contribution in [2.24, 2.45) is 5.10 Å². The summed E-state index contributed by atoms with van der Waals surface area (Å²) in [6, 6.07) is 3.60. The van der Waals surface area contributed by atoms with Crippen LogP contribution in [0.25, 0.3) is 11.4 Å². The van der Waals surface area contributed by atoms with Crippen LogP contribution >= 0.6 is 11.8 Å². The Hall–Kier alpha value is -2.22. The summed E-state index contributed by atoms with van der Waals surface area (Å²) in [6.07, 6.45) is 3.31. The zero-order valence-electron chi connectivity index (χ0n) is 9.89. The van der Waals surface area contributed by atoms with Crippen molar-refractivity contribution < 1.29 is 9.90 Å². The minimum atomic E-state index is -0.925. The lowest BCUT2D eigenvalue weighted by atomic mass is 10.2. The molecule has 96 valence electrons. The fourth-order valence-corrected chi connectivity index (χ4v) is 2.58. The van der Waals surface area contributed by atoms with Crippen molar-refractivity contribution in [3.8, 4) is 11.4 Å². The number of nitrogens with zero attached hydrogens (tertiary/aromatic N) is 5. The zero-order chi connectivity index (χ0) is 13.4. The Balaban J connectivity index is 2.07. The molecular weight excluding hydrogens is 266 g/mol. The van der Waals surface area contributed by atoms with Crippen LogP contribution in [0.3, 0.4) is 0 Å². The topological polar surface area (TPSA) is 93.3 Å². The number of aliphatic carboxylic acids is 1. The van der Waals surface area contributed by atoms with E-state index >= 15 is 0 Å². The summed E-state index contributed by atoms with van der Waals surface area (Å²) in [6.45, 7) is 1.69. The highest BCUT2D eigenvalue weighted by molar-refractivity contribution is 8.01. The maximum absolute atomic E-state index is 11.1. The van der Waals surface area contributed by atoms with Crippen molar-refractivity contribution in [2.45, 2.75) is 17.3 Å². The smallest absolute Gasteiger partial charge is 0.322 e. The molecule has 1 aliphatic heterocycles. The molecule has 2 aromatic heterocycles. The Kier molecular flexibility index (Phi) is 2.79. The number of thioether (sulfide) groups is 1. The van der Waals surface area contributed by atoms with E-state index in [1.807, 2.05) is 0 Å². The van der Waals surface area contributed by atoms with Crippen molar-refractivity contribution >= 4 is 23.4 Å². The van der Waals surface area contributed by atoms with Crippen molar-refractivity contribution in [2.75, 3.05) is 0 Å². The Morgan fingerprint density at radius 3 is 2.79 bits per heavy atom. The molecule has 0 saturated carbocycles. The van der Waals surface area contributed by atoms with E-state index in [4.69, 9.17) is 5.11 Å². The third-order valence-corrected chi connectivity index (χ3v) is 3.88. The van der Waals surface area contributed by atoms with Gasteiger partial charge in [0.05, 0.1) is 5.71 Å². The minimum Gasteiger partial charge on any atom is -0.480 e. The maximum Gasteiger partial charge on any atom is 0.322 e. The monoisotopic (exact) mass is 275 g/mol. The highest BCUT2D eigenvalue weighted by atomic mass is 32.2. The predicted octanol–water partition coefficient (Wildman–Crippen LogP) is 1.12. The first-order valence-corrected chi connectivity index (χ1v) is 6.35. The van der Waals surface area contributed by atoms with Crippen LogP contribution in [0.1, 0.15) is 6.92 Å². The summed E-state index contributed by atoms with van der Waals surface area (Å²) in [7, 11) is 0. The number of carbonyl (C=O) groups is 1. The lowest BCUT2D eigenvalue weighted by Crippen LogP contribution is -2.28. The maximum atomic E-state index is 11.1. The molecule has 0 aliphatic carbocycles. The number of hydrogen-bond donors (Lipinski definition) is 1. The molecule has 7 nitrogen and oxygen atoms in total. The van der Waals surface area contributed by atoms with Gasteiger partial charge < -0.3 is 5.11 Å². The van der Waals surface area contributed by atoms with Gasteiger partial charge in [0.25, 0.3) is 0 Å².